The summed E-state index contributed by atoms with van der Waals surface area (Å²) in [6, 6.07) is 33.6. The Morgan fingerprint density at radius 2 is 1.29 bits per heavy atom. The highest BCUT2D eigenvalue weighted by molar-refractivity contribution is 7.77. The van der Waals surface area contributed by atoms with Gasteiger partial charge in [-0.05, 0) is 43.8 Å². The average Bonchev–Trinajstić information content (AvgIpc) is 3.44. The van der Waals surface area contributed by atoms with Gasteiger partial charge in [-0.3, -0.25) is 0 Å². The maximum Gasteiger partial charge on any atom is 0.123 e. The van der Waals surface area contributed by atoms with Crippen molar-refractivity contribution in [3.8, 4) is 0 Å². The zero-order chi connectivity index (χ0) is 21.0. The average molecular weight is 440 g/mol. The molecule has 31 heavy (non-hydrogen) atoms. The molecule has 0 saturated carbocycles. The van der Waals surface area contributed by atoms with E-state index in [4.69, 9.17) is 4.74 Å². The van der Waals surface area contributed by atoms with Gasteiger partial charge in [0.15, 0.2) is 0 Å². The molecule has 0 spiro atoms. The van der Waals surface area contributed by atoms with E-state index in [1.807, 2.05) is 6.26 Å². The molecule has 3 aliphatic rings. The highest BCUT2D eigenvalue weighted by atomic mass is 31.1. The molecular weight excluding hydrogens is 414 g/mol. The number of ether oxygens (including phenoxy) is 1. The summed E-state index contributed by atoms with van der Waals surface area (Å²) in [5.74, 6) is 0. The molecule has 1 fully saturated rings. The first-order valence-corrected chi connectivity index (χ1v) is 13.8. The number of benzene rings is 3. The maximum atomic E-state index is 6.53. The summed E-state index contributed by atoms with van der Waals surface area (Å²) in [6.07, 6.45) is 4.71. The van der Waals surface area contributed by atoms with Crippen molar-refractivity contribution < 1.29 is 4.74 Å². The molecule has 2 bridgehead atoms. The molecule has 3 heteroatoms. The lowest BCUT2D eigenvalue weighted by atomic mass is 9.83. The molecule has 3 heterocycles. The molecule has 1 unspecified atom stereocenters. The van der Waals surface area contributed by atoms with Crippen molar-refractivity contribution in [1.82, 2.24) is 0 Å². The van der Waals surface area contributed by atoms with Gasteiger partial charge in [0.05, 0.1) is 11.4 Å². The molecule has 0 N–H and O–H groups in total. The fourth-order valence-electron chi connectivity index (χ4n) is 5.96. The van der Waals surface area contributed by atoms with Gasteiger partial charge in [-0.2, -0.15) is 0 Å². The second kappa shape index (κ2) is 7.44. The summed E-state index contributed by atoms with van der Waals surface area (Å²) in [6.45, 7) is 4.75. The molecule has 154 valence electrons. The summed E-state index contributed by atoms with van der Waals surface area (Å²) in [7, 11) is -0.980. The molecule has 0 aromatic heterocycles. The third-order valence-corrected chi connectivity index (χ3v) is 14.1. The fraction of sp³-hybridized carbons (Fsp3) is 0.214. The highest BCUT2D eigenvalue weighted by Gasteiger charge is 2.69. The van der Waals surface area contributed by atoms with Gasteiger partial charge >= 0.3 is 0 Å². The van der Waals surface area contributed by atoms with Crippen LogP contribution in [0.2, 0.25) is 0 Å². The maximum absolute atomic E-state index is 6.53. The van der Waals surface area contributed by atoms with Crippen LogP contribution in [0.1, 0.15) is 13.8 Å². The quantitative estimate of drug-likeness (QED) is 0.375. The van der Waals surface area contributed by atoms with Crippen LogP contribution >= 0.6 is 15.8 Å². The van der Waals surface area contributed by atoms with E-state index in [2.05, 4.69) is 111 Å². The summed E-state index contributed by atoms with van der Waals surface area (Å²) in [5.41, 5.74) is 4.19. The van der Waals surface area contributed by atoms with E-state index in [1.54, 1.807) is 11.1 Å². The molecular formula is C28H26OP2. The molecule has 0 radical (unpaired) electrons. The van der Waals surface area contributed by atoms with E-state index in [1.165, 1.54) is 15.9 Å². The lowest BCUT2D eigenvalue weighted by molar-refractivity contribution is 0.154. The van der Waals surface area contributed by atoms with Gasteiger partial charge in [0, 0.05) is 11.3 Å². The molecule has 0 aliphatic carbocycles. The van der Waals surface area contributed by atoms with Crippen molar-refractivity contribution in [1.29, 1.82) is 0 Å². The minimum Gasteiger partial charge on any atom is -0.496 e. The van der Waals surface area contributed by atoms with Gasteiger partial charge in [-0.1, -0.05) is 110 Å². The van der Waals surface area contributed by atoms with E-state index in [0.717, 1.165) is 0 Å². The lowest BCUT2D eigenvalue weighted by Gasteiger charge is -2.44. The number of hydrogen-bond donors (Lipinski definition) is 0. The first-order valence-electron chi connectivity index (χ1n) is 11.0. The Hall–Kier alpha value is -2.20. The van der Waals surface area contributed by atoms with Crippen molar-refractivity contribution in [3.05, 3.63) is 114 Å². The molecule has 5 atom stereocenters. The molecule has 0 amide bonds. The van der Waals surface area contributed by atoms with Crippen LogP contribution in [0.5, 0.6) is 0 Å². The van der Waals surface area contributed by atoms with Gasteiger partial charge in [-0.15, -0.1) is 0 Å². The van der Waals surface area contributed by atoms with Crippen LogP contribution < -0.4 is 15.9 Å². The monoisotopic (exact) mass is 440 g/mol. The molecule has 3 aromatic rings. The van der Waals surface area contributed by atoms with Crippen molar-refractivity contribution >= 4 is 31.8 Å². The van der Waals surface area contributed by atoms with Crippen LogP contribution in [-0.2, 0) is 4.74 Å². The van der Waals surface area contributed by atoms with E-state index in [9.17, 15) is 0 Å². The Kier molecular flexibility index (Phi) is 4.68. The van der Waals surface area contributed by atoms with E-state index in [-0.39, 0.29) is 19.2 Å². The van der Waals surface area contributed by atoms with Gasteiger partial charge in [0.25, 0.3) is 0 Å². The molecule has 1 saturated heterocycles. The Morgan fingerprint density at radius 1 is 0.742 bits per heavy atom. The Balaban J connectivity index is 1.60. The molecule has 6 rings (SSSR count). The first-order chi connectivity index (χ1) is 15.2. The minimum absolute atomic E-state index is 0.00778. The van der Waals surface area contributed by atoms with Crippen molar-refractivity contribution in [3.63, 3.8) is 0 Å². The SMILES string of the molecule is CC1=C(C)[C@@H]2P(c3ccccc3)[C@H]1[C@@H]1OC=C[C@]21P(c1ccccc1)c1ccccc1. The van der Waals surface area contributed by atoms with Crippen LogP contribution in [0.4, 0.5) is 0 Å². The van der Waals surface area contributed by atoms with E-state index in [0.29, 0.717) is 11.3 Å². The lowest BCUT2D eigenvalue weighted by Crippen LogP contribution is -2.50. The smallest absolute Gasteiger partial charge is 0.123 e. The van der Waals surface area contributed by atoms with Crippen LogP contribution in [-0.4, -0.2) is 22.6 Å². The van der Waals surface area contributed by atoms with Crippen LogP contribution in [0.3, 0.4) is 0 Å². The predicted molar refractivity (Wildman–Crippen MR) is 135 cm³/mol. The third-order valence-electron chi connectivity index (χ3n) is 7.26. The number of hydrogen-bond acceptors (Lipinski definition) is 1. The zero-order valence-corrected chi connectivity index (χ0v) is 19.6. The molecule has 3 aliphatic heterocycles. The van der Waals surface area contributed by atoms with Crippen molar-refractivity contribution in [2.75, 3.05) is 0 Å². The standard InChI is InChI=1S/C28H26OP2/c1-20-21(2)27-28(31(23-14-8-4-9-15-23)24-16-10-5-11-17-24)18-19-29-26(28)25(20)30(27)22-12-6-3-7-13-22/h3-19,25-27H,1-2H3/t25-,26+,27+,28-,30?/m1/s1. The second-order valence-electron chi connectivity index (χ2n) is 8.71. The second-order valence-corrected chi connectivity index (χ2v) is 13.6. The van der Waals surface area contributed by atoms with E-state index < -0.39 is 7.92 Å². The highest BCUT2D eigenvalue weighted by Crippen LogP contribution is 2.77. The van der Waals surface area contributed by atoms with Gasteiger partial charge in [0.2, 0.25) is 0 Å². The largest absolute Gasteiger partial charge is 0.496 e. The Morgan fingerprint density at radius 3 is 1.87 bits per heavy atom. The van der Waals surface area contributed by atoms with Crippen LogP contribution in [0.25, 0.3) is 0 Å². The predicted octanol–water partition coefficient (Wildman–Crippen LogP) is 5.68. The summed E-state index contributed by atoms with van der Waals surface area (Å²) in [5, 5.41) is 4.42. The fourth-order valence-corrected chi connectivity index (χ4v) is 14.0. The Labute approximate surface area is 187 Å². The van der Waals surface area contributed by atoms with Gasteiger partial charge in [0.1, 0.15) is 6.10 Å². The van der Waals surface area contributed by atoms with Gasteiger partial charge < -0.3 is 4.74 Å². The van der Waals surface area contributed by atoms with Crippen molar-refractivity contribution in [2.24, 2.45) is 0 Å². The van der Waals surface area contributed by atoms with Gasteiger partial charge in [-0.25, -0.2) is 0 Å². The molecule has 3 aromatic carbocycles. The summed E-state index contributed by atoms with van der Waals surface area (Å²) >= 11 is 0. The van der Waals surface area contributed by atoms with Crippen molar-refractivity contribution in [2.45, 2.75) is 36.4 Å². The third kappa shape index (κ3) is 2.70. The minimum atomic E-state index is -0.620. The Bertz CT molecular complexity index is 1120. The normalized spacial score (nSPS) is 30.7. The van der Waals surface area contributed by atoms with Crippen LogP contribution in [0, 0.1) is 0 Å². The number of fused-ring (bicyclic) bond motifs is 5. The van der Waals surface area contributed by atoms with Crippen LogP contribution in [0.15, 0.2) is 114 Å². The van der Waals surface area contributed by atoms with E-state index >= 15 is 0 Å². The topological polar surface area (TPSA) is 9.23 Å². The number of allylic oxidation sites excluding steroid dienone is 1. The zero-order valence-electron chi connectivity index (χ0n) is 17.8. The first kappa shape index (κ1) is 19.5. The number of rotatable bonds is 4. The summed E-state index contributed by atoms with van der Waals surface area (Å²) < 4.78 is 6.53. The summed E-state index contributed by atoms with van der Waals surface area (Å²) in [4.78, 5) is 0. The molecule has 1 nitrogen and oxygen atoms in total.